The molecule has 0 aromatic heterocycles. The third-order valence-electron chi connectivity index (χ3n) is 21.8. The maximum atomic E-state index is 13.2. The van der Waals surface area contributed by atoms with Gasteiger partial charge in [-0.05, 0) is 137 Å². The van der Waals surface area contributed by atoms with Crippen LogP contribution in [0, 0.1) is 52.3 Å². The van der Waals surface area contributed by atoms with Crippen LogP contribution in [0.5, 0.6) is 0 Å². The van der Waals surface area contributed by atoms with Crippen molar-refractivity contribution in [2.24, 2.45) is 52.3 Å². The zero-order chi connectivity index (χ0) is 62.3. The summed E-state index contributed by atoms with van der Waals surface area (Å²) in [5.41, 5.74) is 0.483. The minimum absolute atomic E-state index is 0.000819. The van der Waals surface area contributed by atoms with E-state index in [1.165, 1.54) is 161 Å². The molecule has 0 aromatic carbocycles. The number of ether oxygens (including phenoxy) is 5. The Morgan fingerprint density at radius 3 is 1.43 bits per heavy atom. The van der Waals surface area contributed by atoms with Crippen LogP contribution in [0.3, 0.4) is 0 Å². The van der Waals surface area contributed by atoms with Crippen molar-refractivity contribution < 1.29 is 52.5 Å². The summed E-state index contributed by atoms with van der Waals surface area (Å²) in [6.07, 6.45) is 50.7. The van der Waals surface area contributed by atoms with Gasteiger partial charge >= 0.3 is 29.8 Å². The first kappa shape index (κ1) is 75.5. The molecule has 11 heteroatoms. The number of Topliss-reactive ketones (excluding diaryl/α,β-unsaturated/α-hetero) is 1. The Bertz CT molecular complexity index is 1820. The number of unbranched alkanes of at least 4 members (excludes halogenated alkanes) is 29. The highest BCUT2D eigenvalue weighted by Crippen LogP contribution is 2.67. The zero-order valence-corrected chi connectivity index (χ0v) is 56.7. The summed E-state index contributed by atoms with van der Waals surface area (Å²) in [6.45, 7) is 15.4. The Balaban J connectivity index is 1.02. The smallest absolute Gasteiger partial charge is 0.308 e. The van der Waals surface area contributed by atoms with E-state index >= 15 is 0 Å². The van der Waals surface area contributed by atoms with Crippen molar-refractivity contribution in [3.05, 3.63) is 0 Å². The molecule has 0 amide bonds. The summed E-state index contributed by atoms with van der Waals surface area (Å²) in [4.78, 5) is 77.1. The molecule has 4 rings (SSSR count). The van der Waals surface area contributed by atoms with Gasteiger partial charge in [0.15, 0.2) is 6.10 Å². The highest BCUT2D eigenvalue weighted by molar-refractivity contribution is 5.79. The largest absolute Gasteiger partial charge is 0.465 e. The molecule has 0 radical (unpaired) electrons. The number of ketones is 1. The van der Waals surface area contributed by atoms with Crippen LogP contribution in [-0.2, 0) is 52.5 Å². The van der Waals surface area contributed by atoms with Crippen LogP contribution in [0.4, 0.5) is 0 Å². The predicted molar refractivity (Wildman–Crippen MR) is 348 cm³/mol. The number of hydrogen-bond acceptors (Lipinski definition) is 11. The van der Waals surface area contributed by atoms with Crippen molar-refractivity contribution in [1.82, 2.24) is 0 Å². The van der Waals surface area contributed by atoms with Gasteiger partial charge in [0.1, 0.15) is 25.1 Å². The highest BCUT2D eigenvalue weighted by atomic mass is 16.6. The third kappa shape index (κ3) is 29.3. The van der Waals surface area contributed by atoms with Crippen molar-refractivity contribution in [2.75, 3.05) is 19.8 Å². The van der Waals surface area contributed by atoms with Crippen LogP contribution in [0.25, 0.3) is 0 Å². The Hall–Kier alpha value is -2.98. The van der Waals surface area contributed by atoms with E-state index in [4.69, 9.17) is 23.7 Å². The van der Waals surface area contributed by atoms with E-state index in [2.05, 4.69) is 34.6 Å². The maximum absolute atomic E-state index is 13.2. The molecule has 0 aliphatic heterocycles. The molecule has 4 fully saturated rings. The second kappa shape index (κ2) is 44.5. The van der Waals surface area contributed by atoms with Gasteiger partial charge in [-0.25, -0.2) is 0 Å². The molecule has 10 atom stereocenters. The summed E-state index contributed by atoms with van der Waals surface area (Å²) in [5.74, 6) is 2.03. The normalized spacial score (nSPS) is 24.0. The zero-order valence-electron chi connectivity index (χ0n) is 56.7. The van der Waals surface area contributed by atoms with E-state index in [0.29, 0.717) is 61.7 Å². The van der Waals surface area contributed by atoms with E-state index in [-0.39, 0.29) is 78.8 Å². The average molecular weight is 1210 g/mol. The molecule has 0 saturated heterocycles. The second-order valence-corrected chi connectivity index (χ2v) is 29.0. The lowest BCUT2D eigenvalue weighted by atomic mass is 9.44. The third-order valence-corrected chi connectivity index (χ3v) is 21.8. The first-order valence-corrected chi connectivity index (χ1v) is 37.0. The van der Waals surface area contributed by atoms with Crippen LogP contribution in [0.1, 0.15) is 357 Å². The molecule has 0 spiro atoms. The Morgan fingerprint density at radius 1 is 0.453 bits per heavy atom. The Labute approximate surface area is 526 Å². The van der Waals surface area contributed by atoms with Gasteiger partial charge in [0.25, 0.3) is 0 Å². The summed E-state index contributed by atoms with van der Waals surface area (Å²) >= 11 is 0. The van der Waals surface area contributed by atoms with Crippen molar-refractivity contribution in [1.29, 1.82) is 0 Å². The molecular formula is C75H132O11. The number of fused-ring (bicyclic) bond motifs is 5. The highest BCUT2D eigenvalue weighted by Gasteiger charge is 2.61. The molecule has 0 aromatic rings. The van der Waals surface area contributed by atoms with Gasteiger partial charge in [0.2, 0.25) is 0 Å². The monoisotopic (exact) mass is 1210 g/mol. The minimum Gasteiger partial charge on any atom is -0.465 e. The van der Waals surface area contributed by atoms with Crippen LogP contribution in [0.15, 0.2) is 0 Å². The molecule has 4 aliphatic carbocycles. The van der Waals surface area contributed by atoms with Gasteiger partial charge in [-0.3, -0.25) is 28.8 Å². The molecule has 0 heterocycles. The van der Waals surface area contributed by atoms with Crippen molar-refractivity contribution in [2.45, 2.75) is 369 Å². The number of carbonyl (C=O) groups excluding carboxylic acids is 6. The first-order valence-electron chi connectivity index (χ1n) is 37.0. The maximum Gasteiger partial charge on any atom is 0.308 e. The predicted octanol–water partition coefficient (Wildman–Crippen LogP) is 20.2. The topological polar surface area (TPSA) is 149 Å². The molecule has 11 nitrogen and oxygen atoms in total. The summed E-state index contributed by atoms with van der Waals surface area (Å²) < 4.78 is 28.8. The molecule has 4 saturated carbocycles. The van der Waals surface area contributed by atoms with E-state index in [1.807, 2.05) is 13.8 Å². The minimum atomic E-state index is -0.836. The standard InChI is InChI=1S/C75H132O11/c1-8-10-12-14-16-18-20-22-24-26-28-33-37-43-69(77)83-57-64(58-84-70(78)44-38-34-29-27-25-23-21-19-17-15-13-11-9-2)86-72(80)55-59(3)41-35-31-30-32-36-42-60(4)73(81)82-54-40-39-45-71(79)85-63-50-52-74(6)62(56-63)46-47-65-67-49-48-66(61(5)76)75(67,7)53-51-68(65)74/h59-60,62-68H,8-58H2,1-7H3/t59?,60?,62-,63?,65-,66+,67-,68-,74-,75+/m0/s1. The lowest BCUT2D eigenvalue weighted by molar-refractivity contribution is -0.167. The summed E-state index contributed by atoms with van der Waals surface area (Å²) in [7, 11) is 0. The van der Waals surface area contributed by atoms with E-state index < -0.39 is 6.10 Å². The van der Waals surface area contributed by atoms with Crippen molar-refractivity contribution in [3.63, 3.8) is 0 Å². The summed E-state index contributed by atoms with van der Waals surface area (Å²) in [5, 5.41) is 0. The van der Waals surface area contributed by atoms with Crippen LogP contribution >= 0.6 is 0 Å². The fourth-order valence-electron chi connectivity index (χ4n) is 16.3. The van der Waals surface area contributed by atoms with Crippen LogP contribution < -0.4 is 0 Å². The lowest BCUT2D eigenvalue weighted by Gasteiger charge is -2.61. The number of carbonyl (C=O) groups is 6. The van der Waals surface area contributed by atoms with E-state index in [0.717, 1.165) is 121 Å². The molecule has 86 heavy (non-hydrogen) atoms. The van der Waals surface area contributed by atoms with Crippen LogP contribution in [-0.4, -0.2) is 67.7 Å². The second-order valence-electron chi connectivity index (χ2n) is 29.0. The quantitative estimate of drug-likeness (QED) is 0.0325. The van der Waals surface area contributed by atoms with Gasteiger partial charge in [-0.1, -0.05) is 234 Å². The van der Waals surface area contributed by atoms with Gasteiger partial charge in [-0.2, -0.15) is 0 Å². The van der Waals surface area contributed by atoms with Gasteiger partial charge in [0.05, 0.1) is 12.5 Å². The van der Waals surface area contributed by atoms with Gasteiger partial charge in [0, 0.05) is 31.6 Å². The van der Waals surface area contributed by atoms with Crippen molar-refractivity contribution in [3.8, 4) is 0 Å². The fourth-order valence-corrected chi connectivity index (χ4v) is 16.3. The fraction of sp³-hybridized carbons (Fsp3) is 0.920. The molecule has 3 unspecified atom stereocenters. The Kier molecular flexibility index (Phi) is 39.0. The average Bonchev–Trinajstić information content (AvgIpc) is 1.34. The van der Waals surface area contributed by atoms with E-state index in [9.17, 15) is 28.8 Å². The van der Waals surface area contributed by atoms with Crippen molar-refractivity contribution >= 4 is 35.6 Å². The molecule has 4 aliphatic rings. The van der Waals surface area contributed by atoms with Crippen LogP contribution in [0.2, 0.25) is 0 Å². The molecule has 0 N–H and O–H groups in total. The lowest BCUT2D eigenvalue weighted by Crippen LogP contribution is -2.54. The SMILES string of the molecule is CCCCCCCCCCCCCCCC(=O)OCC(COC(=O)CCCCCCCCCCCCCCC)OC(=O)CC(C)CCCCCCCC(C)C(=O)OCCCCC(=O)OC1CC[C@@]2(C)[C@@H](CC[C@@H]3[C@@H]2CC[C@]2(C)[C@@H](C(C)=O)CC[C@@H]32)C1. The molecule has 498 valence electrons. The van der Waals surface area contributed by atoms with E-state index in [1.54, 1.807) is 0 Å². The Morgan fingerprint density at radius 2 is 0.907 bits per heavy atom. The summed E-state index contributed by atoms with van der Waals surface area (Å²) in [6, 6.07) is 0. The van der Waals surface area contributed by atoms with Gasteiger partial charge < -0.3 is 23.7 Å². The molecular weight excluding hydrogens is 1080 g/mol. The van der Waals surface area contributed by atoms with Gasteiger partial charge in [-0.15, -0.1) is 0 Å². The number of rotatable bonds is 51. The molecule has 0 bridgehead atoms. The first-order chi connectivity index (χ1) is 41.6. The number of esters is 5. The number of hydrogen-bond donors (Lipinski definition) is 0.